The first kappa shape index (κ1) is 22.3. The molecule has 0 N–H and O–H groups in total. The molecule has 0 amide bonds. The van der Waals surface area contributed by atoms with Crippen LogP contribution in [-0.2, 0) is 4.74 Å². The minimum Gasteiger partial charge on any atom is -0.378 e. The zero-order chi connectivity index (χ0) is 18.5. The Hall–Kier alpha value is -0.0400. The molecule has 0 radical (unpaired) electrons. The maximum atomic E-state index is 6.15. The van der Waals surface area contributed by atoms with Crippen molar-refractivity contribution in [1.29, 1.82) is 0 Å². The summed E-state index contributed by atoms with van der Waals surface area (Å²) in [5.41, 5.74) is 0. The third-order valence-corrected chi connectivity index (χ3v) is 7.34. The molecular weight excluding hydrogens is 316 g/mol. The minimum absolute atomic E-state index is 0.590. The maximum Gasteiger partial charge on any atom is 0.0575 e. The van der Waals surface area contributed by atoms with Gasteiger partial charge in [0.15, 0.2) is 0 Å². The SMILES string of the molecule is CCCCCCC[C@H]1CC[C@H]([C@H]2CC[C@H](OCCCCCC)CC2)CC1. The Morgan fingerprint density at radius 1 is 0.577 bits per heavy atom. The van der Waals surface area contributed by atoms with Gasteiger partial charge in [0.2, 0.25) is 0 Å². The van der Waals surface area contributed by atoms with Crippen LogP contribution in [0.25, 0.3) is 0 Å². The highest BCUT2D eigenvalue weighted by Crippen LogP contribution is 2.41. The van der Waals surface area contributed by atoms with Crippen molar-refractivity contribution in [3.63, 3.8) is 0 Å². The summed E-state index contributed by atoms with van der Waals surface area (Å²) in [5.74, 6) is 3.15. The number of ether oxygens (including phenoxy) is 1. The Bertz CT molecular complexity index is 278. The van der Waals surface area contributed by atoms with Crippen molar-refractivity contribution in [2.24, 2.45) is 17.8 Å². The Balaban J connectivity index is 1.50. The summed E-state index contributed by atoms with van der Waals surface area (Å²) in [6, 6.07) is 0. The van der Waals surface area contributed by atoms with E-state index in [2.05, 4.69) is 13.8 Å². The first-order chi connectivity index (χ1) is 12.8. The van der Waals surface area contributed by atoms with Crippen LogP contribution < -0.4 is 0 Å². The highest BCUT2D eigenvalue weighted by molar-refractivity contribution is 4.82. The molecule has 1 heteroatoms. The molecule has 0 unspecified atom stereocenters. The second-order valence-corrected chi connectivity index (χ2v) is 9.45. The van der Waals surface area contributed by atoms with E-state index in [-0.39, 0.29) is 0 Å². The molecule has 1 nitrogen and oxygen atoms in total. The summed E-state index contributed by atoms with van der Waals surface area (Å²) in [5, 5.41) is 0. The lowest BCUT2D eigenvalue weighted by Crippen LogP contribution is -2.28. The topological polar surface area (TPSA) is 9.23 Å². The Morgan fingerprint density at radius 2 is 1.12 bits per heavy atom. The smallest absolute Gasteiger partial charge is 0.0575 e. The normalized spacial score (nSPS) is 29.8. The molecule has 0 aliphatic heterocycles. The summed E-state index contributed by atoms with van der Waals surface area (Å²) in [6.07, 6.45) is 26.4. The van der Waals surface area contributed by atoms with E-state index in [1.807, 2.05) is 0 Å². The van der Waals surface area contributed by atoms with Crippen molar-refractivity contribution in [3.8, 4) is 0 Å². The molecule has 2 aliphatic rings. The summed E-state index contributed by atoms with van der Waals surface area (Å²) >= 11 is 0. The maximum absolute atomic E-state index is 6.15. The molecule has 0 aromatic rings. The Kier molecular flexibility index (Phi) is 12.0. The van der Waals surface area contributed by atoms with Crippen molar-refractivity contribution < 1.29 is 4.74 Å². The fourth-order valence-corrected chi connectivity index (χ4v) is 5.49. The molecule has 154 valence electrons. The van der Waals surface area contributed by atoms with Gasteiger partial charge in [-0.15, -0.1) is 0 Å². The van der Waals surface area contributed by atoms with E-state index in [1.165, 1.54) is 116 Å². The largest absolute Gasteiger partial charge is 0.378 e. The van der Waals surface area contributed by atoms with Gasteiger partial charge in [0.05, 0.1) is 6.10 Å². The average Bonchev–Trinajstić information content (AvgIpc) is 2.69. The van der Waals surface area contributed by atoms with Gasteiger partial charge in [0.25, 0.3) is 0 Å². The number of hydrogen-bond donors (Lipinski definition) is 0. The van der Waals surface area contributed by atoms with Crippen LogP contribution in [0.1, 0.15) is 129 Å². The number of unbranched alkanes of at least 4 members (excludes halogenated alkanes) is 7. The molecule has 0 aromatic carbocycles. The van der Waals surface area contributed by atoms with E-state index in [4.69, 9.17) is 4.74 Å². The van der Waals surface area contributed by atoms with Gasteiger partial charge >= 0.3 is 0 Å². The predicted molar refractivity (Wildman–Crippen MR) is 115 cm³/mol. The van der Waals surface area contributed by atoms with Crippen LogP contribution in [0.15, 0.2) is 0 Å². The zero-order valence-electron chi connectivity index (χ0n) is 18.2. The average molecular weight is 365 g/mol. The van der Waals surface area contributed by atoms with Crippen molar-refractivity contribution >= 4 is 0 Å². The van der Waals surface area contributed by atoms with Gasteiger partial charge in [-0.25, -0.2) is 0 Å². The minimum atomic E-state index is 0.590. The lowest BCUT2D eigenvalue weighted by atomic mass is 9.70. The van der Waals surface area contributed by atoms with Crippen molar-refractivity contribution in [1.82, 2.24) is 0 Å². The molecule has 0 atom stereocenters. The molecule has 0 heterocycles. The zero-order valence-corrected chi connectivity index (χ0v) is 18.2. The molecule has 0 saturated heterocycles. The van der Waals surface area contributed by atoms with Gasteiger partial charge in [-0.3, -0.25) is 0 Å². The van der Waals surface area contributed by atoms with Crippen molar-refractivity contribution in [2.45, 2.75) is 136 Å². The van der Waals surface area contributed by atoms with E-state index in [9.17, 15) is 0 Å². The van der Waals surface area contributed by atoms with Crippen LogP contribution in [0, 0.1) is 17.8 Å². The van der Waals surface area contributed by atoms with Crippen molar-refractivity contribution in [2.75, 3.05) is 6.61 Å². The highest BCUT2D eigenvalue weighted by atomic mass is 16.5. The van der Waals surface area contributed by atoms with E-state index in [0.717, 1.165) is 24.4 Å². The molecule has 2 saturated carbocycles. The van der Waals surface area contributed by atoms with E-state index < -0.39 is 0 Å². The summed E-state index contributed by atoms with van der Waals surface area (Å²) in [6.45, 7) is 5.61. The highest BCUT2D eigenvalue weighted by Gasteiger charge is 2.30. The molecule has 0 spiro atoms. The van der Waals surface area contributed by atoms with E-state index in [1.54, 1.807) is 0 Å². The first-order valence-corrected chi connectivity index (χ1v) is 12.4. The molecule has 2 aliphatic carbocycles. The van der Waals surface area contributed by atoms with Gasteiger partial charge in [-0.1, -0.05) is 84.5 Å². The van der Waals surface area contributed by atoms with Gasteiger partial charge in [-0.2, -0.15) is 0 Å². The second kappa shape index (κ2) is 14.0. The van der Waals surface area contributed by atoms with Crippen LogP contribution >= 0.6 is 0 Å². The summed E-state index contributed by atoms with van der Waals surface area (Å²) in [7, 11) is 0. The van der Waals surface area contributed by atoms with Gasteiger partial charge in [-0.05, 0) is 62.7 Å². The Labute approximate surface area is 165 Å². The van der Waals surface area contributed by atoms with Crippen LogP contribution in [0.3, 0.4) is 0 Å². The lowest BCUT2D eigenvalue weighted by molar-refractivity contribution is 0.00529. The molecule has 0 aromatic heterocycles. The standard InChI is InChI=1S/C25H48O/c1-3-5-7-9-10-12-22-13-15-23(16-14-22)24-17-19-25(20-18-24)26-21-11-8-6-4-2/h22-25H,3-21H2,1-2H3/t22-,23-,24-,25-. The summed E-state index contributed by atoms with van der Waals surface area (Å²) < 4.78 is 6.15. The quantitative estimate of drug-likeness (QED) is 0.298. The van der Waals surface area contributed by atoms with Crippen LogP contribution in [0.2, 0.25) is 0 Å². The van der Waals surface area contributed by atoms with Gasteiger partial charge < -0.3 is 4.74 Å². The monoisotopic (exact) mass is 364 g/mol. The number of rotatable bonds is 13. The van der Waals surface area contributed by atoms with Crippen molar-refractivity contribution in [3.05, 3.63) is 0 Å². The van der Waals surface area contributed by atoms with E-state index in [0.29, 0.717) is 6.10 Å². The third-order valence-electron chi connectivity index (χ3n) is 7.34. The van der Waals surface area contributed by atoms with Gasteiger partial charge in [0, 0.05) is 6.61 Å². The Morgan fingerprint density at radius 3 is 1.73 bits per heavy atom. The fraction of sp³-hybridized carbons (Fsp3) is 1.00. The van der Waals surface area contributed by atoms with Crippen LogP contribution in [0.4, 0.5) is 0 Å². The molecule has 0 bridgehead atoms. The van der Waals surface area contributed by atoms with Crippen LogP contribution in [-0.4, -0.2) is 12.7 Å². The molecule has 2 fully saturated rings. The second-order valence-electron chi connectivity index (χ2n) is 9.45. The summed E-state index contributed by atoms with van der Waals surface area (Å²) in [4.78, 5) is 0. The molecule has 2 rings (SSSR count). The molecule has 26 heavy (non-hydrogen) atoms. The first-order valence-electron chi connectivity index (χ1n) is 12.4. The van der Waals surface area contributed by atoms with E-state index >= 15 is 0 Å². The molecular formula is C25H48O. The van der Waals surface area contributed by atoms with Gasteiger partial charge in [0.1, 0.15) is 0 Å². The lowest BCUT2D eigenvalue weighted by Gasteiger charge is -2.38. The predicted octanol–water partition coefficient (Wildman–Crippen LogP) is 8.31. The third kappa shape index (κ3) is 8.77. The fourth-order valence-electron chi connectivity index (χ4n) is 5.49. The van der Waals surface area contributed by atoms with Crippen LogP contribution in [0.5, 0.6) is 0 Å². The number of hydrogen-bond acceptors (Lipinski definition) is 1.